The van der Waals surface area contributed by atoms with Crippen LogP contribution in [-0.2, 0) is 20.8 Å². The van der Waals surface area contributed by atoms with E-state index in [1.807, 2.05) is 24.5 Å². The summed E-state index contributed by atoms with van der Waals surface area (Å²) in [6.45, 7) is 0. The zero-order valence-electron chi connectivity index (χ0n) is 9.07. The standard InChI is InChI=1S/C11H15N2.2ClH.Zr/c1-2-5-10(6-3-1)13-9-11-7-4-8-12-11;;;/h4,7-10H,1-3,5-6H2;2*1H;/q-1;;;+2/p-2. The van der Waals surface area contributed by atoms with Crippen LogP contribution in [0.3, 0.4) is 0 Å². The third-order valence-electron chi connectivity index (χ3n) is 2.57. The van der Waals surface area contributed by atoms with E-state index < -0.39 is 20.8 Å². The predicted molar refractivity (Wildman–Crippen MR) is 65.9 cm³/mol. The maximum absolute atomic E-state index is 4.93. The second-order valence-electron chi connectivity index (χ2n) is 3.70. The Morgan fingerprint density at radius 3 is 2.56 bits per heavy atom. The molecule has 0 amide bonds. The molecular weight excluding hydrogens is 322 g/mol. The molecule has 1 aromatic heterocycles. The van der Waals surface area contributed by atoms with E-state index in [0.29, 0.717) is 6.04 Å². The van der Waals surface area contributed by atoms with Gasteiger partial charge in [-0.25, -0.2) is 0 Å². The molecule has 0 radical (unpaired) electrons. The molecule has 0 atom stereocenters. The minimum absolute atomic E-state index is 0.561. The van der Waals surface area contributed by atoms with Gasteiger partial charge in [0.2, 0.25) is 0 Å². The Kier molecular flexibility index (Phi) is 8.54. The van der Waals surface area contributed by atoms with Gasteiger partial charge in [0.25, 0.3) is 0 Å². The molecule has 1 aliphatic rings. The summed E-state index contributed by atoms with van der Waals surface area (Å²) in [6.07, 6.45) is 10.3. The van der Waals surface area contributed by atoms with E-state index in [9.17, 15) is 0 Å². The Morgan fingerprint density at radius 1 is 1.31 bits per heavy atom. The molecule has 0 N–H and O–H groups in total. The first-order valence-corrected chi connectivity index (χ1v) is 11.8. The molecule has 0 aliphatic heterocycles. The van der Waals surface area contributed by atoms with Crippen molar-refractivity contribution in [1.29, 1.82) is 0 Å². The number of hydrogen-bond acceptors (Lipinski definition) is 1. The van der Waals surface area contributed by atoms with Gasteiger partial charge >= 0.3 is 37.9 Å². The van der Waals surface area contributed by atoms with Crippen molar-refractivity contribution in [3.63, 3.8) is 0 Å². The van der Waals surface area contributed by atoms with Gasteiger partial charge in [0.1, 0.15) is 0 Å². The third kappa shape index (κ3) is 6.22. The number of rotatable bonds is 2. The van der Waals surface area contributed by atoms with Crippen LogP contribution in [0.5, 0.6) is 0 Å². The van der Waals surface area contributed by atoms with Crippen molar-refractivity contribution in [2.24, 2.45) is 4.99 Å². The average Bonchev–Trinajstić information content (AvgIpc) is 2.82. The molecule has 0 unspecified atom stereocenters. The van der Waals surface area contributed by atoms with Crippen molar-refractivity contribution in [1.82, 2.24) is 4.98 Å². The van der Waals surface area contributed by atoms with Crippen LogP contribution < -0.4 is 4.98 Å². The van der Waals surface area contributed by atoms with Crippen LogP contribution in [0.4, 0.5) is 0 Å². The van der Waals surface area contributed by atoms with Crippen LogP contribution in [0.1, 0.15) is 37.8 Å². The normalized spacial score (nSPS) is 16.9. The van der Waals surface area contributed by atoms with Gasteiger partial charge in [-0.05, 0) is 12.8 Å². The fourth-order valence-corrected chi connectivity index (χ4v) is 1.80. The molecule has 1 heterocycles. The van der Waals surface area contributed by atoms with Crippen LogP contribution in [0.15, 0.2) is 23.3 Å². The fourth-order valence-electron chi connectivity index (χ4n) is 1.80. The van der Waals surface area contributed by atoms with Gasteiger partial charge in [0.15, 0.2) is 0 Å². The quantitative estimate of drug-likeness (QED) is 0.755. The van der Waals surface area contributed by atoms with E-state index in [1.165, 1.54) is 32.1 Å². The Bertz CT molecular complexity index is 282. The first kappa shape index (κ1) is 14.5. The summed E-state index contributed by atoms with van der Waals surface area (Å²) in [5.41, 5.74) is 0.991. The van der Waals surface area contributed by atoms with Gasteiger partial charge in [-0.15, -0.1) is 5.69 Å². The SMILES string of the molecule is C(=NC1CCCCC1)c1ccc[n-]1.[Cl][Zr][Cl]. The molecule has 5 heteroatoms. The van der Waals surface area contributed by atoms with Gasteiger partial charge in [0, 0.05) is 12.3 Å². The van der Waals surface area contributed by atoms with Crippen LogP contribution in [0.25, 0.3) is 0 Å². The molecule has 1 fully saturated rings. The molecule has 1 aromatic rings. The van der Waals surface area contributed by atoms with E-state index in [0.717, 1.165) is 5.69 Å². The van der Waals surface area contributed by atoms with Gasteiger partial charge in [-0.3, -0.25) is 4.99 Å². The molecular formula is C11H15Cl2N2Zr-. The Labute approximate surface area is 115 Å². The van der Waals surface area contributed by atoms with E-state index in [2.05, 4.69) is 9.98 Å². The summed E-state index contributed by atoms with van der Waals surface area (Å²) in [5, 5.41) is 0. The minimum atomic E-state index is -0.826. The number of nitrogens with zero attached hydrogens (tertiary/aromatic N) is 2. The number of aliphatic imine (C=N–C) groups is 1. The molecule has 88 valence electrons. The fraction of sp³-hybridized carbons (Fsp3) is 0.545. The molecule has 16 heavy (non-hydrogen) atoms. The van der Waals surface area contributed by atoms with Crippen LogP contribution in [0.2, 0.25) is 0 Å². The molecule has 0 saturated heterocycles. The molecule has 2 nitrogen and oxygen atoms in total. The summed E-state index contributed by atoms with van der Waals surface area (Å²) >= 11 is -0.826. The van der Waals surface area contributed by atoms with Crippen LogP contribution >= 0.6 is 17.0 Å². The van der Waals surface area contributed by atoms with E-state index in [4.69, 9.17) is 17.0 Å². The van der Waals surface area contributed by atoms with E-state index in [-0.39, 0.29) is 0 Å². The summed E-state index contributed by atoms with van der Waals surface area (Å²) in [5.74, 6) is 0. The number of hydrogen-bond donors (Lipinski definition) is 0. The van der Waals surface area contributed by atoms with Crippen LogP contribution in [0, 0.1) is 0 Å². The molecule has 1 aliphatic carbocycles. The Balaban J connectivity index is 0.000000386. The zero-order valence-corrected chi connectivity index (χ0v) is 13.0. The van der Waals surface area contributed by atoms with Crippen molar-refractivity contribution < 1.29 is 20.8 Å². The van der Waals surface area contributed by atoms with Gasteiger partial charge < -0.3 is 4.98 Å². The Hall–Kier alpha value is 0.413. The molecule has 2 rings (SSSR count). The van der Waals surface area contributed by atoms with Crippen molar-refractivity contribution in [2.75, 3.05) is 0 Å². The van der Waals surface area contributed by atoms with E-state index >= 15 is 0 Å². The predicted octanol–water partition coefficient (Wildman–Crippen LogP) is 3.77. The number of halogens is 2. The second kappa shape index (κ2) is 9.44. The molecule has 0 aromatic carbocycles. The van der Waals surface area contributed by atoms with E-state index in [1.54, 1.807) is 0 Å². The van der Waals surface area contributed by atoms with Gasteiger partial charge in [-0.2, -0.15) is 6.20 Å². The van der Waals surface area contributed by atoms with Gasteiger partial charge in [0.05, 0.1) is 0 Å². The van der Waals surface area contributed by atoms with Crippen LogP contribution in [-0.4, -0.2) is 12.3 Å². The second-order valence-corrected chi connectivity index (χ2v) is 7.44. The topological polar surface area (TPSA) is 26.5 Å². The van der Waals surface area contributed by atoms with Crippen molar-refractivity contribution in [2.45, 2.75) is 38.1 Å². The van der Waals surface area contributed by atoms with Crippen molar-refractivity contribution >= 4 is 23.2 Å². The molecule has 0 bridgehead atoms. The maximum atomic E-state index is 4.93. The summed E-state index contributed by atoms with van der Waals surface area (Å²) in [6, 6.07) is 4.50. The monoisotopic (exact) mass is 335 g/mol. The molecule has 1 saturated carbocycles. The first-order chi connectivity index (χ1) is 7.86. The summed E-state index contributed by atoms with van der Waals surface area (Å²) < 4.78 is 0. The summed E-state index contributed by atoms with van der Waals surface area (Å²) in [7, 11) is 9.87. The Morgan fingerprint density at radius 2 is 2.00 bits per heavy atom. The number of aromatic nitrogens is 1. The zero-order chi connectivity index (χ0) is 11.6. The first-order valence-electron chi connectivity index (χ1n) is 5.44. The molecule has 0 spiro atoms. The van der Waals surface area contributed by atoms with Crippen molar-refractivity contribution in [3.05, 3.63) is 24.0 Å². The third-order valence-corrected chi connectivity index (χ3v) is 2.57. The summed E-state index contributed by atoms with van der Waals surface area (Å²) in [4.78, 5) is 8.69. The van der Waals surface area contributed by atoms with Crippen molar-refractivity contribution in [3.8, 4) is 0 Å². The van der Waals surface area contributed by atoms with Gasteiger partial charge in [-0.1, -0.05) is 31.4 Å². The average molecular weight is 337 g/mol.